The minimum Gasteiger partial charge on any atom is -0.127 e. The van der Waals surface area contributed by atoms with Crippen LogP contribution in [0.3, 0.4) is 0 Å². The quantitative estimate of drug-likeness (QED) is 0.427. The van der Waals surface area contributed by atoms with E-state index in [1.54, 1.807) is 0 Å². The summed E-state index contributed by atoms with van der Waals surface area (Å²) in [5, 5.41) is -0.388. The van der Waals surface area contributed by atoms with E-state index in [0.717, 1.165) is 31.6 Å². The minimum absolute atomic E-state index is 0.388. The van der Waals surface area contributed by atoms with Crippen LogP contribution in [0.15, 0.2) is 0 Å². The number of rotatable bonds is 7. The topological polar surface area (TPSA) is 0 Å². The molecule has 0 aliphatic rings. The average Bonchev–Trinajstić information content (AvgIpc) is 2.09. The number of hydrogen-bond acceptors (Lipinski definition) is 0. The van der Waals surface area contributed by atoms with E-state index in [0.29, 0.717) is 0 Å². The third-order valence-electron chi connectivity index (χ3n) is 1.95. The molecule has 0 aliphatic carbocycles. The molecule has 86 valence electrons. The van der Waals surface area contributed by atoms with Crippen LogP contribution in [0.1, 0.15) is 38.5 Å². The summed E-state index contributed by atoms with van der Waals surface area (Å²) in [6.45, 7) is 0. The van der Waals surface area contributed by atoms with Gasteiger partial charge in [-0.25, -0.2) is 0 Å². The summed E-state index contributed by atoms with van der Waals surface area (Å²) < 4.78 is -1.34. The maximum Gasteiger partial charge on any atom is 0.206 e. The van der Waals surface area contributed by atoms with E-state index in [1.165, 1.54) is 12.8 Å². The van der Waals surface area contributed by atoms with E-state index < -0.39 is 3.79 Å². The number of halogens is 5. The molecule has 0 saturated carbocycles. The van der Waals surface area contributed by atoms with Gasteiger partial charge in [0, 0.05) is 5.88 Å². The van der Waals surface area contributed by atoms with Gasteiger partial charge in [-0.2, -0.15) is 0 Å². The maximum atomic E-state index is 5.88. The van der Waals surface area contributed by atoms with Crippen LogP contribution >= 0.6 is 58.0 Å². The molecule has 0 aliphatic heterocycles. The molecule has 0 N–H and O–H groups in total. The lowest BCUT2D eigenvalue weighted by Crippen LogP contribution is -2.19. The van der Waals surface area contributed by atoms with Gasteiger partial charge in [0.1, 0.15) is 0 Å². The molecule has 0 spiro atoms. The largest absolute Gasteiger partial charge is 0.206 e. The van der Waals surface area contributed by atoms with Crippen molar-refractivity contribution in [2.75, 3.05) is 5.88 Å². The second kappa shape index (κ2) is 8.58. The predicted octanol–water partition coefficient (Wildman–Crippen LogP) is 5.54. The normalized spacial score (nSPS) is 14.4. The molecule has 0 amide bonds. The molecule has 0 saturated heterocycles. The van der Waals surface area contributed by atoms with Crippen molar-refractivity contribution in [2.24, 2.45) is 0 Å². The molecule has 0 aromatic heterocycles. The van der Waals surface area contributed by atoms with Crippen LogP contribution in [0.25, 0.3) is 0 Å². The van der Waals surface area contributed by atoms with E-state index in [-0.39, 0.29) is 5.38 Å². The molecule has 14 heavy (non-hydrogen) atoms. The Labute approximate surface area is 111 Å². The van der Waals surface area contributed by atoms with Crippen LogP contribution in [-0.4, -0.2) is 15.0 Å². The summed E-state index contributed by atoms with van der Waals surface area (Å²) in [6, 6.07) is 0. The summed E-state index contributed by atoms with van der Waals surface area (Å²) in [6.07, 6.45) is 6.31. The Bertz CT molecular complexity index is 132. The third kappa shape index (κ3) is 8.73. The Hall–Kier alpha value is 1.45. The fraction of sp³-hybridized carbons (Fsp3) is 1.00. The van der Waals surface area contributed by atoms with Crippen molar-refractivity contribution in [3.05, 3.63) is 0 Å². The lowest BCUT2D eigenvalue weighted by molar-refractivity contribution is 0.597. The maximum absolute atomic E-state index is 5.88. The van der Waals surface area contributed by atoms with Crippen LogP contribution in [0, 0.1) is 0 Å². The number of hydrogen-bond donors (Lipinski definition) is 0. The fourth-order valence-corrected chi connectivity index (χ4v) is 1.78. The Morgan fingerprint density at radius 2 is 1.36 bits per heavy atom. The van der Waals surface area contributed by atoms with Crippen LogP contribution in [0.4, 0.5) is 0 Å². The highest BCUT2D eigenvalue weighted by atomic mass is 35.6. The molecule has 5 heteroatoms. The molecular formula is C9H15Cl5. The molecule has 1 unspecified atom stereocenters. The van der Waals surface area contributed by atoms with Gasteiger partial charge in [-0.1, -0.05) is 60.5 Å². The molecule has 0 aromatic rings. The average molecular weight is 300 g/mol. The molecule has 0 bridgehead atoms. The van der Waals surface area contributed by atoms with E-state index in [9.17, 15) is 0 Å². The lowest BCUT2D eigenvalue weighted by Gasteiger charge is -2.17. The zero-order chi connectivity index (χ0) is 11.0. The van der Waals surface area contributed by atoms with Crippen molar-refractivity contribution >= 4 is 58.0 Å². The zero-order valence-corrected chi connectivity index (χ0v) is 11.7. The zero-order valence-electron chi connectivity index (χ0n) is 7.92. The molecule has 0 radical (unpaired) electrons. The molecule has 0 aromatic carbocycles. The highest BCUT2D eigenvalue weighted by Crippen LogP contribution is 2.36. The van der Waals surface area contributed by atoms with Crippen molar-refractivity contribution in [3.8, 4) is 0 Å². The lowest BCUT2D eigenvalue weighted by atomic mass is 10.1. The molecule has 0 rings (SSSR count). The van der Waals surface area contributed by atoms with Crippen LogP contribution in [0.2, 0.25) is 0 Å². The van der Waals surface area contributed by atoms with Crippen LogP contribution in [-0.2, 0) is 0 Å². The first kappa shape index (κ1) is 15.4. The van der Waals surface area contributed by atoms with Crippen molar-refractivity contribution in [2.45, 2.75) is 47.7 Å². The second-order valence-electron chi connectivity index (χ2n) is 3.25. The molecule has 0 nitrogen and oxygen atoms in total. The van der Waals surface area contributed by atoms with Gasteiger partial charge in [0.25, 0.3) is 0 Å². The summed E-state index contributed by atoms with van der Waals surface area (Å²) in [7, 11) is 0. The molecule has 1 atom stereocenters. The first-order chi connectivity index (χ1) is 6.48. The summed E-state index contributed by atoms with van der Waals surface area (Å²) in [4.78, 5) is 0. The Balaban J connectivity index is 3.28. The highest BCUT2D eigenvalue weighted by molar-refractivity contribution is 6.70. The van der Waals surface area contributed by atoms with Gasteiger partial charge < -0.3 is 0 Å². The van der Waals surface area contributed by atoms with Crippen molar-refractivity contribution in [1.82, 2.24) is 0 Å². The SMILES string of the molecule is ClCCCCCCCC(Cl)C(Cl)(Cl)Cl. The predicted molar refractivity (Wildman–Crippen MR) is 68.4 cm³/mol. The Morgan fingerprint density at radius 3 is 1.86 bits per heavy atom. The van der Waals surface area contributed by atoms with E-state index >= 15 is 0 Å². The molecule has 0 fully saturated rings. The first-order valence-electron chi connectivity index (χ1n) is 4.75. The third-order valence-corrected chi connectivity index (χ3v) is 3.88. The van der Waals surface area contributed by atoms with E-state index in [1.807, 2.05) is 0 Å². The number of unbranched alkanes of at least 4 members (excludes halogenated alkanes) is 4. The van der Waals surface area contributed by atoms with E-state index in [4.69, 9.17) is 58.0 Å². The van der Waals surface area contributed by atoms with Gasteiger partial charge in [-0.15, -0.1) is 23.2 Å². The van der Waals surface area contributed by atoms with Crippen LogP contribution in [0.5, 0.6) is 0 Å². The summed E-state index contributed by atoms with van der Waals surface area (Å²) in [5.74, 6) is 0.742. The molecule has 0 heterocycles. The van der Waals surface area contributed by atoms with Gasteiger partial charge in [-0.05, 0) is 12.8 Å². The fourth-order valence-electron chi connectivity index (χ4n) is 1.11. The monoisotopic (exact) mass is 298 g/mol. The van der Waals surface area contributed by atoms with Gasteiger partial charge in [0.15, 0.2) is 0 Å². The van der Waals surface area contributed by atoms with Crippen molar-refractivity contribution in [1.29, 1.82) is 0 Å². The summed E-state index contributed by atoms with van der Waals surface area (Å²) >= 11 is 28.3. The summed E-state index contributed by atoms with van der Waals surface area (Å²) in [5.41, 5.74) is 0. The molecular weight excluding hydrogens is 285 g/mol. The second-order valence-corrected chi connectivity index (χ2v) is 6.53. The smallest absolute Gasteiger partial charge is 0.127 e. The van der Waals surface area contributed by atoms with Gasteiger partial charge in [-0.3, -0.25) is 0 Å². The highest BCUT2D eigenvalue weighted by Gasteiger charge is 2.29. The first-order valence-corrected chi connectivity index (χ1v) is 6.85. The van der Waals surface area contributed by atoms with Crippen molar-refractivity contribution < 1.29 is 0 Å². The van der Waals surface area contributed by atoms with Crippen molar-refractivity contribution in [3.63, 3.8) is 0 Å². The van der Waals surface area contributed by atoms with Gasteiger partial charge in [0.2, 0.25) is 3.79 Å². The Morgan fingerprint density at radius 1 is 0.857 bits per heavy atom. The number of alkyl halides is 5. The Kier molecular flexibility index (Phi) is 9.47. The minimum atomic E-state index is -1.34. The van der Waals surface area contributed by atoms with Crippen LogP contribution < -0.4 is 0 Å². The van der Waals surface area contributed by atoms with Gasteiger partial charge >= 0.3 is 0 Å². The van der Waals surface area contributed by atoms with Gasteiger partial charge in [0.05, 0.1) is 5.38 Å². The van der Waals surface area contributed by atoms with E-state index in [2.05, 4.69) is 0 Å². The standard InChI is InChI=1S/C9H15Cl5/c10-7-5-3-1-2-4-6-8(11)9(12,13)14/h8H,1-7H2.